The van der Waals surface area contributed by atoms with Crippen LogP contribution in [-0.2, 0) is 32.7 Å². The van der Waals surface area contributed by atoms with Gasteiger partial charge in [0.15, 0.2) is 0 Å². The Morgan fingerprint density at radius 1 is 0.917 bits per heavy atom. The topological polar surface area (TPSA) is 81.4 Å². The van der Waals surface area contributed by atoms with Gasteiger partial charge in [-0.2, -0.15) is 6.54 Å². The number of hydrogen-bond acceptors (Lipinski definition) is 3. The third-order valence-corrected chi connectivity index (χ3v) is 2.90. The predicted molar refractivity (Wildman–Crippen MR) is 91.9 cm³/mol. The fraction of sp³-hybridized carbons (Fsp3) is 0.222. The van der Waals surface area contributed by atoms with E-state index in [9.17, 15) is 14.7 Å². The first-order valence-electron chi connectivity index (χ1n) is 7.51. The molecule has 0 aromatic heterocycles. The number of carbonyl (C=O) groups is 2. The Kier molecular flexibility index (Phi) is 10.4. The van der Waals surface area contributed by atoms with E-state index in [1.165, 1.54) is 24.3 Å². The molecule has 0 unspecified atom stereocenters. The van der Waals surface area contributed by atoms with E-state index >= 15 is 0 Å². The Labute approximate surface area is 167 Å². The minimum atomic E-state index is -0.332. The Balaban J connectivity index is 0.000000799. The van der Waals surface area contributed by atoms with Gasteiger partial charge in [-0.25, -0.2) is 4.90 Å². The van der Waals surface area contributed by atoms with Crippen LogP contribution in [0, 0.1) is 0 Å². The van der Waals surface area contributed by atoms with Gasteiger partial charge in [0.2, 0.25) is 0 Å². The number of phenols is 1. The third kappa shape index (κ3) is 4.97. The quantitative estimate of drug-likeness (QED) is 0.723. The van der Waals surface area contributed by atoms with E-state index in [4.69, 9.17) is 5.73 Å². The van der Waals surface area contributed by atoms with Gasteiger partial charge in [-0.15, -0.1) is 0 Å². The minimum absolute atomic E-state index is 0. The molecule has 2 aromatic rings. The second-order valence-corrected chi connectivity index (χ2v) is 4.36. The molecule has 0 saturated carbocycles. The van der Waals surface area contributed by atoms with Gasteiger partial charge in [0.05, 0.1) is 16.8 Å². The summed E-state index contributed by atoms with van der Waals surface area (Å²) in [5, 5.41) is 9.22. The minimum Gasteiger partial charge on any atom is -0.678 e. The molecular weight excluding hydrogens is 381 g/mol. The third-order valence-electron chi connectivity index (χ3n) is 2.90. The summed E-state index contributed by atoms with van der Waals surface area (Å²) in [7, 11) is 0. The van der Waals surface area contributed by atoms with E-state index in [2.05, 4.69) is 0 Å². The Hall–Kier alpha value is -1.56. The normalized spacial score (nSPS) is 11.4. The summed E-state index contributed by atoms with van der Waals surface area (Å²) in [6.45, 7) is 6.29. The summed E-state index contributed by atoms with van der Waals surface area (Å²) in [4.78, 5) is 25.4. The number of phenolic OH excluding ortho intramolecular Hbond substituents is 1. The zero-order valence-electron chi connectivity index (χ0n) is 14.1. The van der Waals surface area contributed by atoms with Crippen LogP contribution in [0.5, 0.6) is 5.75 Å². The summed E-state index contributed by atoms with van der Waals surface area (Å²) < 4.78 is 0. The molecule has 1 aliphatic rings. The van der Waals surface area contributed by atoms with Crippen LogP contribution in [-0.4, -0.2) is 23.5 Å². The molecule has 1 radical (unpaired) electrons. The summed E-state index contributed by atoms with van der Waals surface area (Å²) in [5.74, 6) is -0.571. The van der Waals surface area contributed by atoms with Gasteiger partial charge >= 0.3 is 0 Å². The maximum atomic E-state index is 12.1. The first kappa shape index (κ1) is 22.4. The van der Waals surface area contributed by atoms with E-state index in [-0.39, 0.29) is 50.3 Å². The maximum absolute atomic E-state index is 12.1. The first-order valence-corrected chi connectivity index (χ1v) is 7.51. The van der Waals surface area contributed by atoms with Crippen molar-refractivity contribution in [2.24, 2.45) is 0 Å². The van der Waals surface area contributed by atoms with Gasteiger partial charge in [0.1, 0.15) is 5.75 Å². The number of nitrogens with zero attached hydrogens (tertiary/aromatic N) is 1. The molecule has 0 fully saturated rings. The van der Waals surface area contributed by atoms with Crippen LogP contribution in [0.4, 0.5) is 5.69 Å². The van der Waals surface area contributed by atoms with Crippen LogP contribution in [0.3, 0.4) is 0 Å². The van der Waals surface area contributed by atoms with Crippen molar-refractivity contribution < 1.29 is 47.4 Å². The van der Waals surface area contributed by atoms with E-state index in [0.29, 0.717) is 23.4 Å². The summed E-state index contributed by atoms with van der Waals surface area (Å²) in [5.41, 5.74) is 7.49. The van der Waals surface area contributed by atoms with Gasteiger partial charge in [-0.3, -0.25) is 9.59 Å². The van der Waals surface area contributed by atoms with Gasteiger partial charge in [-0.05, 0) is 36.4 Å². The van der Waals surface area contributed by atoms with Crippen LogP contribution < -0.4 is 4.90 Å². The van der Waals surface area contributed by atoms with Crippen molar-refractivity contribution in [3.8, 4) is 5.75 Å². The van der Waals surface area contributed by atoms with Crippen molar-refractivity contribution in [3.05, 3.63) is 65.4 Å². The number of nitrogens with one attached hydrogen (secondary N) is 1. The Morgan fingerprint density at radius 2 is 1.29 bits per heavy atom. The van der Waals surface area contributed by atoms with Crippen molar-refractivity contribution in [1.82, 2.24) is 0 Å². The molecule has 3 rings (SSSR count). The van der Waals surface area contributed by atoms with Crippen molar-refractivity contribution in [2.75, 3.05) is 11.4 Å². The molecule has 0 spiro atoms. The smallest absolute Gasteiger partial charge is 0.266 e. The molecule has 1 heterocycles. The van der Waals surface area contributed by atoms with Crippen LogP contribution in [0.25, 0.3) is 5.73 Å². The number of hydrogen-bond donors (Lipinski definition) is 1. The molecule has 0 atom stereocenters. The van der Waals surface area contributed by atoms with E-state index in [1.54, 1.807) is 31.2 Å². The molecule has 2 aromatic carbocycles. The number of fused-ring (bicyclic) bond motifs is 1. The van der Waals surface area contributed by atoms with Crippen molar-refractivity contribution in [2.45, 2.75) is 20.8 Å². The largest absolute Gasteiger partial charge is 0.678 e. The number of benzene rings is 2. The second-order valence-electron chi connectivity index (χ2n) is 4.36. The molecule has 0 saturated heterocycles. The number of anilines is 1. The zero-order valence-corrected chi connectivity index (χ0v) is 17.0. The molecular formula is C18H21N2O3Y-. The van der Waals surface area contributed by atoms with E-state index in [1.807, 2.05) is 13.8 Å². The molecule has 24 heavy (non-hydrogen) atoms. The number of carbonyl (C=O) groups excluding carboxylic acids is 2. The molecule has 6 heteroatoms. The van der Waals surface area contributed by atoms with Crippen molar-refractivity contribution in [3.63, 3.8) is 0 Å². The standard InChI is InChI=1S/C14H9NO3.C2H6N.C2H6.Y/c16-10-7-5-9(6-8-10)15-13(17)11-3-1-2-4-12(11)14(15)18;1-2-3;1-2;/h1-8,16H;3H,2H2,1H3;1-2H3;/q;-1;;. The Morgan fingerprint density at radius 3 is 1.67 bits per heavy atom. The molecule has 5 nitrogen and oxygen atoms in total. The molecule has 0 aliphatic carbocycles. The van der Waals surface area contributed by atoms with Crippen molar-refractivity contribution in [1.29, 1.82) is 0 Å². The van der Waals surface area contributed by atoms with Gasteiger partial charge < -0.3 is 10.8 Å². The molecule has 1 aliphatic heterocycles. The van der Waals surface area contributed by atoms with E-state index in [0.717, 1.165) is 4.90 Å². The Bertz CT molecular complexity index is 637. The second kappa shape index (κ2) is 11.1. The predicted octanol–water partition coefficient (Wildman–Crippen LogP) is 4.28. The van der Waals surface area contributed by atoms with E-state index < -0.39 is 0 Å². The van der Waals surface area contributed by atoms with Gasteiger partial charge in [0, 0.05) is 32.7 Å². The van der Waals surface area contributed by atoms with Gasteiger partial charge in [0.25, 0.3) is 11.8 Å². The fourth-order valence-electron chi connectivity index (χ4n) is 2.03. The van der Waals surface area contributed by atoms with Crippen LogP contribution in [0.2, 0.25) is 0 Å². The van der Waals surface area contributed by atoms with Crippen molar-refractivity contribution >= 4 is 17.5 Å². The summed E-state index contributed by atoms with van der Waals surface area (Å²) in [6, 6.07) is 12.7. The number of imide groups is 1. The first-order chi connectivity index (χ1) is 11.1. The molecule has 2 N–H and O–H groups in total. The fourth-order valence-corrected chi connectivity index (χ4v) is 2.03. The van der Waals surface area contributed by atoms with Crippen LogP contribution >= 0.6 is 0 Å². The summed E-state index contributed by atoms with van der Waals surface area (Å²) in [6.07, 6.45) is 0. The van der Waals surface area contributed by atoms with Crippen LogP contribution in [0.15, 0.2) is 48.5 Å². The number of amides is 2. The van der Waals surface area contributed by atoms with Crippen LogP contribution in [0.1, 0.15) is 41.5 Å². The average molecular weight is 402 g/mol. The summed E-state index contributed by atoms with van der Waals surface area (Å²) >= 11 is 0. The molecule has 2 amide bonds. The average Bonchev–Trinajstić information content (AvgIpc) is 2.83. The SMILES string of the molecule is CC.CC[NH-].O=C1c2ccccc2C(=O)N1c1ccc(O)cc1.[Y]. The zero-order chi connectivity index (χ0) is 17.4. The monoisotopic (exact) mass is 402 g/mol. The van der Waals surface area contributed by atoms with Gasteiger partial charge in [-0.1, -0.05) is 32.9 Å². The number of aromatic hydroxyl groups is 1. The molecule has 0 bridgehead atoms. The number of rotatable bonds is 1. The maximum Gasteiger partial charge on any atom is 0.266 e. The molecule has 125 valence electrons.